The largest absolute Gasteiger partial charge is 0.462 e. The predicted molar refractivity (Wildman–Crippen MR) is 66.5 cm³/mol. The third-order valence-electron chi connectivity index (χ3n) is 2.39. The summed E-state index contributed by atoms with van der Waals surface area (Å²) in [5.41, 5.74) is 0.496. The van der Waals surface area contributed by atoms with Gasteiger partial charge in [-0.3, -0.25) is 0 Å². The van der Waals surface area contributed by atoms with E-state index >= 15 is 0 Å². The van der Waals surface area contributed by atoms with Crippen LogP contribution in [-0.4, -0.2) is 35.0 Å². The van der Waals surface area contributed by atoms with Crippen molar-refractivity contribution in [2.75, 3.05) is 6.61 Å². The fourth-order valence-corrected chi connectivity index (χ4v) is 1.31. The number of hydrogen-bond donors (Lipinski definition) is 2. The Morgan fingerprint density at radius 2 is 2.00 bits per heavy atom. The monoisotopic (exact) mass is 244 g/mol. The minimum Gasteiger partial charge on any atom is -0.462 e. The van der Waals surface area contributed by atoms with Crippen molar-refractivity contribution in [1.82, 2.24) is 0 Å². The second-order valence-corrected chi connectivity index (χ2v) is 4.34. The second-order valence-electron chi connectivity index (χ2n) is 4.34. The normalized spacial score (nSPS) is 15.5. The van der Waals surface area contributed by atoms with Gasteiger partial charge in [0.1, 0.15) is 0 Å². The summed E-state index contributed by atoms with van der Waals surface area (Å²) in [5, 5.41) is 18.5. The molecule has 100 valence electrons. The van der Waals surface area contributed by atoms with Crippen molar-refractivity contribution in [1.29, 1.82) is 0 Å². The molecule has 2 atom stereocenters. The number of hydrogen-bond acceptors (Lipinski definition) is 4. The smallest absolute Gasteiger partial charge is 0.333 e. The van der Waals surface area contributed by atoms with Crippen molar-refractivity contribution in [3.8, 4) is 0 Å². The number of aliphatic hydroxyl groups is 2. The van der Waals surface area contributed by atoms with E-state index in [0.717, 1.165) is 12.8 Å². The van der Waals surface area contributed by atoms with E-state index in [1.165, 1.54) is 0 Å². The van der Waals surface area contributed by atoms with Crippen molar-refractivity contribution in [2.45, 2.75) is 58.7 Å². The Hall–Kier alpha value is -0.870. The molecule has 0 bridgehead atoms. The van der Waals surface area contributed by atoms with Crippen LogP contribution >= 0.6 is 0 Å². The number of aliphatic hydroxyl groups excluding tert-OH is 2. The average Bonchev–Trinajstić information content (AvgIpc) is 2.25. The van der Waals surface area contributed by atoms with E-state index in [4.69, 9.17) is 9.84 Å². The summed E-state index contributed by atoms with van der Waals surface area (Å²) in [6.45, 7) is 5.56. The lowest BCUT2D eigenvalue weighted by molar-refractivity contribution is -0.139. The van der Waals surface area contributed by atoms with Crippen LogP contribution in [0.4, 0.5) is 0 Å². The van der Waals surface area contributed by atoms with Gasteiger partial charge < -0.3 is 14.9 Å². The van der Waals surface area contributed by atoms with E-state index in [1.807, 2.05) is 6.92 Å². The van der Waals surface area contributed by atoms with Crippen LogP contribution < -0.4 is 0 Å². The van der Waals surface area contributed by atoms with E-state index in [-0.39, 0.29) is 12.6 Å². The van der Waals surface area contributed by atoms with Crippen molar-refractivity contribution in [3.63, 3.8) is 0 Å². The third-order valence-corrected chi connectivity index (χ3v) is 2.39. The number of esters is 1. The molecule has 4 heteroatoms. The average molecular weight is 244 g/mol. The molecule has 0 aromatic carbocycles. The molecule has 0 aromatic heterocycles. The van der Waals surface area contributed by atoms with Gasteiger partial charge in [0, 0.05) is 12.0 Å². The highest BCUT2D eigenvalue weighted by Gasteiger charge is 2.08. The molecule has 0 spiro atoms. The van der Waals surface area contributed by atoms with Gasteiger partial charge in [0.2, 0.25) is 0 Å². The van der Waals surface area contributed by atoms with Gasteiger partial charge in [0.05, 0.1) is 18.8 Å². The van der Waals surface area contributed by atoms with Crippen molar-refractivity contribution >= 4 is 5.97 Å². The number of rotatable bonds is 8. The van der Waals surface area contributed by atoms with Crippen LogP contribution in [0, 0.1) is 0 Å². The Labute approximate surface area is 103 Å². The molecule has 0 rings (SSSR count). The van der Waals surface area contributed by atoms with Crippen molar-refractivity contribution in [2.24, 2.45) is 0 Å². The van der Waals surface area contributed by atoms with Crippen LogP contribution in [0.3, 0.4) is 0 Å². The summed E-state index contributed by atoms with van der Waals surface area (Å²) < 4.78 is 5.00. The van der Waals surface area contributed by atoms with Crippen molar-refractivity contribution < 1.29 is 19.7 Å². The first kappa shape index (κ1) is 16.1. The molecule has 0 amide bonds. The molecular weight excluding hydrogens is 220 g/mol. The van der Waals surface area contributed by atoms with E-state index in [9.17, 15) is 9.90 Å². The lowest BCUT2D eigenvalue weighted by Crippen LogP contribution is -2.14. The standard InChI is InChI=1S/C13H24O4/c1-4-5-12(15)8-9-17-13(16)10(2)6-7-11(3)14/h6,11-12,14-15H,4-5,7-9H2,1-3H3/b10-6+. The molecular formula is C13H24O4. The molecule has 0 aliphatic carbocycles. The van der Waals surface area contributed by atoms with E-state index in [2.05, 4.69) is 0 Å². The minimum atomic E-state index is -0.455. The highest BCUT2D eigenvalue weighted by Crippen LogP contribution is 2.04. The maximum absolute atomic E-state index is 11.4. The summed E-state index contributed by atoms with van der Waals surface area (Å²) in [6.07, 6.45) is 3.38. The fourth-order valence-electron chi connectivity index (χ4n) is 1.31. The van der Waals surface area contributed by atoms with Crippen LogP contribution in [-0.2, 0) is 9.53 Å². The molecule has 0 aliphatic rings. The Bertz CT molecular complexity index is 246. The van der Waals surface area contributed by atoms with E-state index < -0.39 is 12.2 Å². The molecule has 0 saturated heterocycles. The third kappa shape index (κ3) is 8.89. The van der Waals surface area contributed by atoms with Gasteiger partial charge in [0.15, 0.2) is 0 Å². The van der Waals surface area contributed by atoms with Crippen LogP contribution in [0.2, 0.25) is 0 Å². The highest BCUT2D eigenvalue weighted by atomic mass is 16.5. The Morgan fingerprint density at radius 1 is 1.35 bits per heavy atom. The molecule has 0 fully saturated rings. The maximum Gasteiger partial charge on any atom is 0.333 e. The summed E-state index contributed by atoms with van der Waals surface area (Å²) in [4.78, 5) is 11.4. The van der Waals surface area contributed by atoms with Gasteiger partial charge in [-0.05, 0) is 26.7 Å². The first-order valence-electron chi connectivity index (χ1n) is 6.17. The van der Waals surface area contributed by atoms with Gasteiger partial charge >= 0.3 is 5.97 Å². The zero-order valence-electron chi connectivity index (χ0n) is 11.0. The topological polar surface area (TPSA) is 66.8 Å². The van der Waals surface area contributed by atoms with E-state index in [1.54, 1.807) is 19.9 Å². The van der Waals surface area contributed by atoms with Gasteiger partial charge in [-0.15, -0.1) is 0 Å². The molecule has 2 unspecified atom stereocenters. The lowest BCUT2D eigenvalue weighted by Gasteiger charge is -2.09. The van der Waals surface area contributed by atoms with Gasteiger partial charge in [-0.2, -0.15) is 0 Å². The molecule has 4 nitrogen and oxygen atoms in total. The number of carbonyl (C=O) groups excluding carboxylic acids is 1. The molecule has 2 N–H and O–H groups in total. The Morgan fingerprint density at radius 3 is 2.53 bits per heavy atom. The first-order valence-corrected chi connectivity index (χ1v) is 6.17. The Kier molecular flexibility index (Phi) is 8.72. The summed E-state index contributed by atoms with van der Waals surface area (Å²) in [7, 11) is 0. The summed E-state index contributed by atoms with van der Waals surface area (Å²) in [5.74, 6) is -0.380. The number of carbonyl (C=O) groups is 1. The SMILES string of the molecule is CCCC(O)CCOC(=O)/C(C)=C/CC(C)O. The highest BCUT2D eigenvalue weighted by molar-refractivity contribution is 5.87. The van der Waals surface area contributed by atoms with Gasteiger partial charge in [-0.25, -0.2) is 4.79 Å². The second kappa shape index (κ2) is 9.19. The zero-order valence-corrected chi connectivity index (χ0v) is 11.0. The van der Waals surface area contributed by atoms with Crippen LogP contribution in [0.15, 0.2) is 11.6 Å². The summed E-state index contributed by atoms with van der Waals surface area (Å²) >= 11 is 0. The first-order chi connectivity index (χ1) is 7.97. The predicted octanol–water partition coefficient (Wildman–Crippen LogP) is 1.80. The van der Waals surface area contributed by atoms with Crippen LogP contribution in [0.5, 0.6) is 0 Å². The molecule has 0 radical (unpaired) electrons. The maximum atomic E-state index is 11.4. The molecule has 0 aromatic rings. The molecule has 0 saturated carbocycles. The van der Waals surface area contributed by atoms with Crippen molar-refractivity contribution in [3.05, 3.63) is 11.6 Å². The lowest BCUT2D eigenvalue weighted by atomic mass is 10.1. The quantitative estimate of drug-likeness (QED) is 0.504. The molecule has 0 heterocycles. The van der Waals surface area contributed by atoms with Gasteiger partial charge in [0.25, 0.3) is 0 Å². The number of ether oxygens (including phenoxy) is 1. The van der Waals surface area contributed by atoms with Crippen LogP contribution in [0.25, 0.3) is 0 Å². The molecule has 0 aliphatic heterocycles. The van der Waals surface area contributed by atoms with Gasteiger partial charge in [-0.1, -0.05) is 19.4 Å². The minimum absolute atomic E-state index is 0.236. The fraction of sp³-hybridized carbons (Fsp3) is 0.769. The molecule has 17 heavy (non-hydrogen) atoms. The Balaban J connectivity index is 3.82. The van der Waals surface area contributed by atoms with Crippen LogP contribution in [0.1, 0.15) is 46.5 Å². The zero-order chi connectivity index (χ0) is 13.3. The summed E-state index contributed by atoms with van der Waals surface area (Å²) in [6, 6.07) is 0. The van der Waals surface area contributed by atoms with E-state index in [0.29, 0.717) is 18.4 Å².